The van der Waals surface area contributed by atoms with Crippen LogP contribution in [-0.2, 0) is 17.8 Å². The molecule has 0 heterocycles. The van der Waals surface area contributed by atoms with E-state index in [0.29, 0.717) is 5.75 Å². The molecule has 27 heavy (non-hydrogen) atoms. The van der Waals surface area contributed by atoms with Crippen molar-refractivity contribution in [3.8, 4) is 11.5 Å². The summed E-state index contributed by atoms with van der Waals surface area (Å²) < 4.78 is 10.4. The lowest BCUT2D eigenvalue weighted by Gasteiger charge is -2.19. The quantitative estimate of drug-likeness (QED) is 0.743. The fourth-order valence-corrected chi connectivity index (χ4v) is 2.19. The molecule has 0 aromatic heterocycles. The monoisotopic (exact) mass is 372 g/mol. The molecule has 0 atom stereocenters. The highest BCUT2D eigenvalue weighted by molar-refractivity contribution is 5.70. The molecule has 0 radical (unpaired) electrons. The molecule has 2 aromatic rings. The van der Waals surface area contributed by atoms with E-state index in [-0.39, 0.29) is 18.8 Å². The van der Waals surface area contributed by atoms with E-state index in [4.69, 9.17) is 9.47 Å². The van der Waals surface area contributed by atoms with Gasteiger partial charge in [-0.1, -0.05) is 24.3 Å². The summed E-state index contributed by atoms with van der Waals surface area (Å²) in [6.07, 6.45) is -1.13. The second kappa shape index (κ2) is 8.93. The van der Waals surface area contributed by atoms with Crippen molar-refractivity contribution in [3.63, 3.8) is 0 Å². The summed E-state index contributed by atoms with van der Waals surface area (Å²) in [6, 6.07) is 13.4. The van der Waals surface area contributed by atoms with Gasteiger partial charge in [-0.2, -0.15) is 0 Å². The maximum atomic E-state index is 11.9. The van der Waals surface area contributed by atoms with Gasteiger partial charge in [-0.15, -0.1) is 0 Å². The Morgan fingerprint density at radius 1 is 0.926 bits per heavy atom. The number of hydrogen-bond acceptors (Lipinski definition) is 5. The SMILES string of the molecule is CC(C)(C)OC(=O)NCc1cccc(OC(=O)NCc2cccc(O)c2)c1. The van der Waals surface area contributed by atoms with E-state index in [0.717, 1.165) is 11.1 Å². The Hall–Kier alpha value is -3.22. The number of phenolic OH excluding ortho intramolecular Hbond substituents is 1. The summed E-state index contributed by atoms with van der Waals surface area (Å²) in [6.45, 7) is 5.84. The van der Waals surface area contributed by atoms with Crippen molar-refractivity contribution < 1.29 is 24.2 Å². The lowest BCUT2D eigenvalue weighted by molar-refractivity contribution is 0.0523. The predicted octanol–water partition coefficient (Wildman–Crippen LogP) is 3.71. The highest BCUT2D eigenvalue weighted by Gasteiger charge is 2.15. The number of carbonyl (C=O) groups excluding carboxylic acids is 2. The molecule has 0 aliphatic carbocycles. The molecule has 0 unspecified atom stereocenters. The molecule has 0 spiro atoms. The summed E-state index contributed by atoms with van der Waals surface area (Å²) in [4.78, 5) is 23.6. The third kappa shape index (κ3) is 7.68. The highest BCUT2D eigenvalue weighted by atomic mass is 16.6. The number of amides is 2. The summed E-state index contributed by atoms with van der Waals surface area (Å²) >= 11 is 0. The Morgan fingerprint density at radius 2 is 1.52 bits per heavy atom. The zero-order chi connectivity index (χ0) is 19.9. The first-order valence-corrected chi connectivity index (χ1v) is 8.51. The van der Waals surface area contributed by atoms with Gasteiger partial charge in [-0.3, -0.25) is 0 Å². The number of alkyl carbamates (subject to hydrolysis) is 1. The Labute approximate surface area is 158 Å². The van der Waals surface area contributed by atoms with Crippen LogP contribution in [0.2, 0.25) is 0 Å². The zero-order valence-corrected chi connectivity index (χ0v) is 15.6. The molecule has 0 aliphatic heterocycles. The largest absolute Gasteiger partial charge is 0.508 e. The van der Waals surface area contributed by atoms with Gasteiger partial charge in [-0.25, -0.2) is 9.59 Å². The maximum Gasteiger partial charge on any atom is 0.412 e. The molecule has 7 nitrogen and oxygen atoms in total. The van der Waals surface area contributed by atoms with Crippen molar-refractivity contribution >= 4 is 12.2 Å². The number of hydrogen-bond donors (Lipinski definition) is 3. The molecular formula is C20H24N2O5. The summed E-state index contributed by atoms with van der Waals surface area (Å²) in [7, 11) is 0. The molecule has 0 fully saturated rings. The van der Waals surface area contributed by atoms with Crippen LogP contribution in [0, 0.1) is 0 Å². The lowest BCUT2D eigenvalue weighted by atomic mass is 10.2. The van der Waals surface area contributed by atoms with Crippen molar-refractivity contribution in [1.29, 1.82) is 0 Å². The van der Waals surface area contributed by atoms with Crippen molar-refractivity contribution in [1.82, 2.24) is 10.6 Å². The topological polar surface area (TPSA) is 96.9 Å². The molecular weight excluding hydrogens is 348 g/mol. The minimum Gasteiger partial charge on any atom is -0.508 e. The number of carbonyl (C=O) groups is 2. The van der Waals surface area contributed by atoms with Gasteiger partial charge in [0.25, 0.3) is 0 Å². The number of benzene rings is 2. The summed E-state index contributed by atoms with van der Waals surface area (Å²) in [5.41, 5.74) is 0.948. The average molecular weight is 372 g/mol. The average Bonchev–Trinajstić information content (AvgIpc) is 2.57. The van der Waals surface area contributed by atoms with Crippen LogP contribution >= 0.6 is 0 Å². The summed E-state index contributed by atoms with van der Waals surface area (Å²) in [5.74, 6) is 0.486. The van der Waals surface area contributed by atoms with E-state index in [1.54, 1.807) is 69.3 Å². The Morgan fingerprint density at radius 3 is 2.15 bits per heavy atom. The number of phenols is 1. The molecule has 2 rings (SSSR count). The Balaban J connectivity index is 1.83. The van der Waals surface area contributed by atoms with Gasteiger partial charge in [0.1, 0.15) is 17.1 Å². The van der Waals surface area contributed by atoms with Gasteiger partial charge in [0.2, 0.25) is 0 Å². The van der Waals surface area contributed by atoms with Crippen molar-refractivity contribution in [2.24, 2.45) is 0 Å². The van der Waals surface area contributed by atoms with E-state index in [1.807, 2.05) is 0 Å². The zero-order valence-electron chi connectivity index (χ0n) is 15.6. The summed E-state index contributed by atoms with van der Waals surface area (Å²) in [5, 5.41) is 14.7. The molecule has 0 saturated carbocycles. The lowest BCUT2D eigenvalue weighted by Crippen LogP contribution is -2.32. The fraction of sp³-hybridized carbons (Fsp3) is 0.300. The third-order valence-electron chi connectivity index (χ3n) is 3.29. The van der Waals surface area contributed by atoms with Crippen LogP contribution in [0.1, 0.15) is 31.9 Å². The highest BCUT2D eigenvalue weighted by Crippen LogP contribution is 2.15. The van der Waals surface area contributed by atoms with E-state index in [1.165, 1.54) is 0 Å². The van der Waals surface area contributed by atoms with Crippen LogP contribution in [-0.4, -0.2) is 22.9 Å². The second-order valence-corrected chi connectivity index (χ2v) is 6.92. The van der Waals surface area contributed by atoms with E-state index >= 15 is 0 Å². The van der Waals surface area contributed by atoms with Crippen LogP contribution in [0.4, 0.5) is 9.59 Å². The second-order valence-electron chi connectivity index (χ2n) is 6.92. The molecule has 0 bridgehead atoms. The van der Waals surface area contributed by atoms with Gasteiger partial charge >= 0.3 is 12.2 Å². The molecule has 0 aliphatic rings. The fourth-order valence-electron chi connectivity index (χ4n) is 2.19. The van der Waals surface area contributed by atoms with Crippen LogP contribution < -0.4 is 15.4 Å². The van der Waals surface area contributed by atoms with Gasteiger partial charge in [0.15, 0.2) is 0 Å². The number of aromatic hydroxyl groups is 1. The maximum absolute atomic E-state index is 11.9. The smallest absolute Gasteiger partial charge is 0.412 e. The minimum absolute atomic E-state index is 0.132. The van der Waals surface area contributed by atoms with Gasteiger partial charge in [0.05, 0.1) is 0 Å². The molecule has 2 aromatic carbocycles. The molecule has 0 saturated heterocycles. The van der Waals surface area contributed by atoms with E-state index in [2.05, 4.69) is 10.6 Å². The van der Waals surface area contributed by atoms with E-state index < -0.39 is 17.8 Å². The standard InChI is InChI=1S/C20H24N2O5/c1-20(2,3)27-19(25)22-13-15-7-5-9-17(11-15)26-18(24)21-12-14-6-4-8-16(23)10-14/h4-11,23H,12-13H2,1-3H3,(H,21,24)(H,22,25). The number of rotatable bonds is 5. The molecule has 2 amide bonds. The van der Waals surface area contributed by atoms with Crippen LogP contribution in [0.15, 0.2) is 48.5 Å². The third-order valence-corrected chi connectivity index (χ3v) is 3.29. The Bertz CT molecular complexity index is 799. The van der Waals surface area contributed by atoms with Crippen LogP contribution in [0.5, 0.6) is 11.5 Å². The minimum atomic E-state index is -0.615. The van der Waals surface area contributed by atoms with Crippen molar-refractivity contribution in [2.75, 3.05) is 0 Å². The molecule has 3 N–H and O–H groups in total. The first-order valence-electron chi connectivity index (χ1n) is 8.51. The molecule has 144 valence electrons. The number of nitrogens with one attached hydrogen (secondary N) is 2. The number of ether oxygens (including phenoxy) is 2. The first-order chi connectivity index (χ1) is 12.7. The van der Waals surface area contributed by atoms with Gasteiger partial charge in [-0.05, 0) is 56.2 Å². The van der Waals surface area contributed by atoms with Gasteiger partial charge in [0, 0.05) is 13.1 Å². The van der Waals surface area contributed by atoms with Crippen molar-refractivity contribution in [3.05, 3.63) is 59.7 Å². The molecule has 7 heteroatoms. The predicted molar refractivity (Wildman–Crippen MR) is 100 cm³/mol. The first kappa shape index (κ1) is 20.1. The van der Waals surface area contributed by atoms with Gasteiger partial charge < -0.3 is 25.2 Å². The van der Waals surface area contributed by atoms with Crippen LogP contribution in [0.3, 0.4) is 0 Å². The van der Waals surface area contributed by atoms with E-state index in [9.17, 15) is 14.7 Å². The van der Waals surface area contributed by atoms with Crippen molar-refractivity contribution in [2.45, 2.75) is 39.5 Å². The van der Waals surface area contributed by atoms with Crippen LogP contribution in [0.25, 0.3) is 0 Å². The Kier molecular flexibility index (Phi) is 6.65. The normalized spacial score (nSPS) is 10.8.